The van der Waals surface area contributed by atoms with Gasteiger partial charge in [-0.05, 0) is 61.7 Å². The van der Waals surface area contributed by atoms with Crippen LogP contribution in [-0.2, 0) is 9.59 Å². The highest BCUT2D eigenvalue weighted by Crippen LogP contribution is 2.23. The Bertz CT molecular complexity index is 764. The van der Waals surface area contributed by atoms with Crippen LogP contribution in [0.5, 0.6) is 5.75 Å². The number of rotatable bonds is 6. The highest BCUT2D eigenvalue weighted by molar-refractivity contribution is 5.96. The van der Waals surface area contributed by atoms with Crippen LogP contribution in [0.4, 0.5) is 11.4 Å². The molecular formula is C20H24N2O3. The molecule has 2 aromatic rings. The van der Waals surface area contributed by atoms with E-state index in [1.807, 2.05) is 45.0 Å². The van der Waals surface area contributed by atoms with Crippen molar-refractivity contribution in [1.82, 2.24) is 0 Å². The standard InChI is InChI=1S/C20H24N2O3/c1-5-19(23)21-17-7-6-8-18(15(17)4)22-20(24)12-25-16-10-13(2)9-14(3)11-16/h6-11H,5,12H2,1-4H3,(H,21,23)(H,22,24). The minimum Gasteiger partial charge on any atom is -0.484 e. The summed E-state index contributed by atoms with van der Waals surface area (Å²) in [4.78, 5) is 23.7. The molecule has 0 atom stereocenters. The normalized spacial score (nSPS) is 10.2. The molecule has 25 heavy (non-hydrogen) atoms. The fourth-order valence-corrected chi connectivity index (χ4v) is 2.50. The molecule has 0 bridgehead atoms. The fraction of sp³-hybridized carbons (Fsp3) is 0.300. The SMILES string of the molecule is CCC(=O)Nc1cccc(NC(=O)COc2cc(C)cc(C)c2)c1C. The Hall–Kier alpha value is -2.82. The summed E-state index contributed by atoms with van der Waals surface area (Å²) in [5.74, 6) is 0.360. The fourth-order valence-electron chi connectivity index (χ4n) is 2.50. The molecule has 0 aliphatic heterocycles. The highest BCUT2D eigenvalue weighted by atomic mass is 16.5. The number of carbonyl (C=O) groups excluding carboxylic acids is 2. The second-order valence-corrected chi connectivity index (χ2v) is 6.04. The first kappa shape index (κ1) is 18.5. The molecule has 2 rings (SSSR count). The maximum atomic E-state index is 12.2. The molecule has 0 saturated carbocycles. The largest absolute Gasteiger partial charge is 0.484 e. The van der Waals surface area contributed by atoms with Crippen molar-refractivity contribution in [2.45, 2.75) is 34.1 Å². The van der Waals surface area contributed by atoms with Gasteiger partial charge in [0, 0.05) is 17.8 Å². The van der Waals surface area contributed by atoms with Crippen molar-refractivity contribution >= 4 is 23.2 Å². The van der Waals surface area contributed by atoms with Gasteiger partial charge in [-0.3, -0.25) is 9.59 Å². The van der Waals surface area contributed by atoms with E-state index in [2.05, 4.69) is 10.6 Å². The average Bonchev–Trinajstić information content (AvgIpc) is 2.55. The van der Waals surface area contributed by atoms with Crippen LogP contribution in [0.25, 0.3) is 0 Å². The first-order valence-corrected chi connectivity index (χ1v) is 8.29. The lowest BCUT2D eigenvalue weighted by Gasteiger charge is -2.14. The van der Waals surface area contributed by atoms with Gasteiger partial charge in [-0.25, -0.2) is 0 Å². The second-order valence-electron chi connectivity index (χ2n) is 6.04. The van der Waals surface area contributed by atoms with E-state index in [-0.39, 0.29) is 18.4 Å². The third-order valence-electron chi connectivity index (χ3n) is 3.77. The van der Waals surface area contributed by atoms with Crippen molar-refractivity contribution in [3.8, 4) is 5.75 Å². The van der Waals surface area contributed by atoms with E-state index in [4.69, 9.17) is 4.74 Å². The summed E-state index contributed by atoms with van der Waals surface area (Å²) in [6.45, 7) is 7.54. The molecule has 5 heteroatoms. The smallest absolute Gasteiger partial charge is 0.262 e. The Morgan fingerprint density at radius 2 is 1.48 bits per heavy atom. The number of ether oxygens (including phenoxy) is 1. The van der Waals surface area contributed by atoms with Crippen LogP contribution in [0.3, 0.4) is 0 Å². The molecule has 0 unspecified atom stereocenters. The Kier molecular flexibility index (Phi) is 6.17. The summed E-state index contributed by atoms with van der Waals surface area (Å²) >= 11 is 0. The molecule has 2 N–H and O–H groups in total. The van der Waals surface area contributed by atoms with Gasteiger partial charge >= 0.3 is 0 Å². The zero-order valence-corrected chi connectivity index (χ0v) is 15.1. The second kappa shape index (κ2) is 8.33. The summed E-state index contributed by atoms with van der Waals surface area (Å²) in [6.07, 6.45) is 0.403. The van der Waals surface area contributed by atoms with Crippen molar-refractivity contribution in [3.63, 3.8) is 0 Å². The zero-order valence-electron chi connectivity index (χ0n) is 15.1. The van der Waals surface area contributed by atoms with Crippen LogP contribution in [0, 0.1) is 20.8 Å². The van der Waals surface area contributed by atoms with Crippen molar-refractivity contribution in [2.24, 2.45) is 0 Å². The number of hydrogen-bond donors (Lipinski definition) is 2. The molecule has 132 valence electrons. The molecule has 2 aromatic carbocycles. The van der Waals surface area contributed by atoms with Gasteiger partial charge in [0.25, 0.3) is 5.91 Å². The van der Waals surface area contributed by atoms with Crippen molar-refractivity contribution in [3.05, 3.63) is 53.1 Å². The van der Waals surface area contributed by atoms with Gasteiger partial charge in [0.2, 0.25) is 5.91 Å². The molecule has 2 amide bonds. The van der Waals surface area contributed by atoms with E-state index in [0.717, 1.165) is 16.7 Å². The van der Waals surface area contributed by atoms with Crippen LogP contribution < -0.4 is 15.4 Å². The third-order valence-corrected chi connectivity index (χ3v) is 3.77. The zero-order chi connectivity index (χ0) is 18.4. The van der Waals surface area contributed by atoms with Crippen molar-refractivity contribution in [1.29, 1.82) is 0 Å². The van der Waals surface area contributed by atoms with E-state index >= 15 is 0 Å². The number of carbonyl (C=O) groups is 2. The first-order chi connectivity index (χ1) is 11.9. The van der Waals surface area contributed by atoms with Crippen LogP contribution >= 0.6 is 0 Å². The van der Waals surface area contributed by atoms with E-state index in [9.17, 15) is 9.59 Å². The van der Waals surface area contributed by atoms with Crippen LogP contribution in [-0.4, -0.2) is 18.4 Å². The summed E-state index contributed by atoms with van der Waals surface area (Å²) in [7, 11) is 0. The van der Waals surface area contributed by atoms with Gasteiger partial charge in [-0.1, -0.05) is 19.1 Å². The molecule has 0 radical (unpaired) electrons. The predicted molar refractivity (Wildman–Crippen MR) is 100 cm³/mol. The van der Waals surface area contributed by atoms with Crippen LogP contribution in [0.15, 0.2) is 36.4 Å². The number of anilines is 2. The van der Waals surface area contributed by atoms with Crippen LogP contribution in [0.1, 0.15) is 30.0 Å². The van der Waals surface area contributed by atoms with Crippen molar-refractivity contribution < 1.29 is 14.3 Å². The minimum absolute atomic E-state index is 0.0651. The molecule has 0 aromatic heterocycles. The molecular weight excluding hydrogens is 316 g/mol. The first-order valence-electron chi connectivity index (χ1n) is 8.29. The molecule has 5 nitrogen and oxygen atoms in total. The Balaban J connectivity index is 2.00. The lowest BCUT2D eigenvalue weighted by molar-refractivity contribution is -0.118. The molecule has 0 spiro atoms. The highest BCUT2D eigenvalue weighted by Gasteiger charge is 2.10. The Labute approximate surface area is 148 Å². The number of hydrogen-bond acceptors (Lipinski definition) is 3. The number of aryl methyl sites for hydroxylation is 2. The van der Waals surface area contributed by atoms with Gasteiger partial charge in [-0.15, -0.1) is 0 Å². The molecule has 0 heterocycles. The lowest BCUT2D eigenvalue weighted by atomic mass is 10.1. The maximum absolute atomic E-state index is 12.2. The number of nitrogens with one attached hydrogen (secondary N) is 2. The number of benzene rings is 2. The van der Waals surface area contributed by atoms with E-state index in [1.165, 1.54) is 0 Å². The van der Waals surface area contributed by atoms with Gasteiger partial charge < -0.3 is 15.4 Å². The average molecular weight is 340 g/mol. The molecule has 0 fully saturated rings. The lowest BCUT2D eigenvalue weighted by Crippen LogP contribution is -2.21. The van der Waals surface area contributed by atoms with Gasteiger partial charge in [0.1, 0.15) is 5.75 Å². The van der Waals surface area contributed by atoms with Crippen molar-refractivity contribution in [2.75, 3.05) is 17.2 Å². The summed E-state index contributed by atoms with van der Waals surface area (Å²) in [5, 5.41) is 5.65. The predicted octanol–water partition coefficient (Wildman–Crippen LogP) is 3.98. The molecule has 0 saturated heterocycles. The van der Waals surface area contributed by atoms with E-state index < -0.39 is 0 Å². The van der Waals surface area contributed by atoms with Gasteiger partial charge in [0.05, 0.1) is 0 Å². The maximum Gasteiger partial charge on any atom is 0.262 e. The van der Waals surface area contributed by atoms with Gasteiger partial charge in [-0.2, -0.15) is 0 Å². The Morgan fingerprint density at radius 1 is 0.920 bits per heavy atom. The third kappa shape index (κ3) is 5.35. The minimum atomic E-state index is -0.249. The van der Waals surface area contributed by atoms with Crippen LogP contribution in [0.2, 0.25) is 0 Å². The summed E-state index contributed by atoms with van der Waals surface area (Å²) in [5.41, 5.74) is 4.34. The number of amides is 2. The quantitative estimate of drug-likeness (QED) is 0.836. The van der Waals surface area contributed by atoms with E-state index in [0.29, 0.717) is 23.5 Å². The molecule has 0 aliphatic rings. The monoisotopic (exact) mass is 340 g/mol. The van der Waals surface area contributed by atoms with Gasteiger partial charge in [0.15, 0.2) is 6.61 Å². The topological polar surface area (TPSA) is 67.4 Å². The molecule has 0 aliphatic carbocycles. The summed E-state index contributed by atoms with van der Waals surface area (Å²) < 4.78 is 5.57. The summed E-state index contributed by atoms with van der Waals surface area (Å²) in [6, 6.07) is 11.2. The van der Waals surface area contributed by atoms with E-state index in [1.54, 1.807) is 19.1 Å². The Morgan fingerprint density at radius 3 is 2.04 bits per heavy atom.